The largest absolute Gasteiger partial charge is 0.500 e. The standard InChI is InChI=1S/C6H16O3Si.C3H9N/c1-5-6-10(7-2,8-3)9-4;1-3(2)4/h5-6H2,1-4H3;3H,4H2,1-2H3. The molecule has 0 aromatic heterocycles. The summed E-state index contributed by atoms with van der Waals surface area (Å²) >= 11 is 0. The first-order chi connectivity index (χ1) is 6.47. The van der Waals surface area contributed by atoms with Gasteiger partial charge in [0.05, 0.1) is 0 Å². The highest BCUT2D eigenvalue weighted by molar-refractivity contribution is 6.60. The van der Waals surface area contributed by atoms with Gasteiger partial charge in [-0.25, -0.2) is 0 Å². The van der Waals surface area contributed by atoms with Crippen LogP contribution in [0, 0.1) is 0 Å². The van der Waals surface area contributed by atoms with Gasteiger partial charge in [0.2, 0.25) is 0 Å². The molecule has 4 nitrogen and oxygen atoms in total. The molecule has 0 fully saturated rings. The fourth-order valence-corrected chi connectivity index (χ4v) is 2.59. The molecule has 0 aliphatic carbocycles. The lowest BCUT2D eigenvalue weighted by atomic mass is 10.5. The second-order valence-electron chi connectivity index (χ2n) is 3.29. The van der Waals surface area contributed by atoms with E-state index in [1.54, 1.807) is 21.3 Å². The summed E-state index contributed by atoms with van der Waals surface area (Å²) in [7, 11) is 2.68. The molecule has 0 aromatic carbocycles. The van der Waals surface area contributed by atoms with E-state index in [4.69, 9.17) is 19.0 Å². The van der Waals surface area contributed by atoms with E-state index in [-0.39, 0.29) is 0 Å². The van der Waals surface area contributed by atoms with Crippen molar-refractivity contribution in [1.82, 2.24) is 0 Å². The molecule has 0 aliphatic rings. The Kier molecular flexibility index (Phi) is 11.3. The molecule has 0 saturated carbocycles. The number of hydrogen-bond acceptors (Lipinski definition) is 4. The van der Waals surface area contributed by atoms with Gasteiger partial charge in [0, 0.05) is 27.4 Å². The molecule has 14 heavy (non-hydrogen) atoms. The summed E-state index contributed by atoms with van der Waals surface area (Å²) in [4.78, 5) is 0. The van der Waals surface area contributed by atoms with Gasteiger partial charge in [-0.1, -0.05) is 27.2 Å². The maximum absolute atomic E-state index is 5.17. The van der Waals surface area contributed by atoms with Crippen LogP contribution in [0.15, 0.2) is 0 Å². The van der Waals surface area contributed by atoms with Gasteiger partial charge in [-0.2, -0.15) is 0 Å². The van der Waals surface area contributed by atoms with E-state index in [1.807, 2.05) is 13.8 Å². The van der Waals surface area contributed by atoms with Crippen molar-refractivity contribution in [2.24, 2.45) is 5.73 Å². The Morgan fingerprint density at radius 3 is 1.43 bits per heavy atom. The molecule has 0 heterocycles. The van der Waals surface area contributed by atoms with Crippen molar-refractivity contribution < 1.29 is 13.3 Å². The molecule has 0 aromatic rings. The predicted octanol–water partition coefficient (Wildman–Crippen LogP) is 1.63. The number of rotatable bonds is 5. The Bertz CT molecular complexity index is 108. The van der Waals surface area contributed by atoms with Gasteiger partial charge in [0.15, 0.2) is 0 Å². The molecule has 0 radical (unpaired) electrons. The summed E-state index contributed by atoms with van der Waals surface area (Å²) in [6.45, 7) is 5.97. The quantitative estimate of drug-likeness (QED) is 0.720. The average Bonchev–Trinajstić information content (AvgIpc) is 2.14. The molecule has 0 unspecified atom stereocenters. The van der Waals surface area contributed by atoms with Crippen LogP contribution in [0.5, 0.6) is 0 Å². The Hall–Kier alpha value is 0.0569. The predicted molar refractivity (Wildman–Crippen MR) is 61.2 cm³/mol. The lowest BCUT2D eigenvalue weighted by Crippen LogP contribution is -2.42. The van der Waals surface area contributed by atoms with Gasteiger partial charge in [-0.05, 0) is 6.04 Å². The summed E-state index contributed by atoms with van der Waals surface area (Å²) in [6.07, 6.45) is 1.03. The number of nitrogens with two attached hydrogens (primary N) is 1. The summed E-state index contributed by atoms with van der Waals surface area (Å²) in [5.74, 6) is 0. The molecule has 0 saturated heterocycles. The third kappa shape index (κ3) is 8.65. The van der Waals surface area contributed by atoms with E-state index in [2.05, 4.69) is 6.92 Å². The maximum Gasteiger partial charge on any atom is 0.500 e. The van der Waals surface area contributed by atoms with Gasteiger partial charge < -0.3 is 19.0 Å². The monoisotopic (exact) mass is 223 g/mol. The minimum absolute atomic E-state index is 0.333. The van der Waals surface area contributed by atoms with Crippen LogP contribution in [-0.2, 0) is 13.3 Å². The van der Waals surface area contributed by atoms with E-state index in [1.165, 1.54) is 0 Å². The second-order valence-corrected chi connectivity index (χ2v) is 6.38. The normalized spacial score (nSPS) is 11.1. The van der Waals surface area contributed by atoms with Crippen molar-refractivity contribution in [2.75, 3.05) is 21.3 Å². The van der Waals surface area contributed by atoms with Crippen molar-refractivity contribution >= 4 is 8.80 Å². The minimum atomic E-state index is -2.22. The summed E-state index contributed by atoms with van der Waals surface area (Å²) in [6, 6.07) is 1.22. The van der Waals surface area contributed by atoms with E-state index >= 15 is 0 Å². The molecule has 0 amide bonds. The topological polar surface area (TPSA) is 53.7 Å². The van der Waals surface area contributed by atoms with E-state index in [0.717, 1.165) is 12.5 Å². The van der Waals surface area contributed by atoms with E-state index in [0.29, 0.717) is 6.04 Å². The maximum atomic E-state index is 5.17. The van der Waals surface area contributed by atoms with Crippen LogP contribution in [0.4, 0.5) is 0 Å². The Morgan fingerprint density at radius 1 is 1.07 bits per heavy atom. The van der Waals surface area contributed by atoms with Gasteiger partial charge in [0.1, 0.15) is 0 Å². The van der Waals surface area contributed by atoms with Gasteiger partial charge in [-0.15, -0.1) is 0 Å². The highest BCUT2D eigenvalue weighted by atomic mass is 28.4. The van der Waals surface area contributed by atoms with Crippen molar-refractivity contribution in [3.63, 3.8) is 0 Å². The third-order valence-corrected chi connectivity index (χ3v) is 4.47. The highest BCUT2D eigenvalue weighted by Gasteiger charge is 2.36. The summed E-state index contributed by atoms with van der Waals surface area (Å²) in [5.41, 5.74) is 5.11. The Balaban J connectivity index is 0. The van der Waals surface area contributed by atoms with Crippen molar-refractivity contribution in [3.05, 3.63) is 0 Å². The zero-order chi connectivity index (χ0) is 11.6. The molecule has 0 aliphatic heterocycles. The Labute approximate surface area is 89.1 Å². The van der Waals surface area contributed by atoms with Crippen LogP contribution < -0.4 is 5.73 Å². The first-order valence-corrected chi connectivity index (χ1v) is 6.82. The molecule has 2 N–H and O–H groups in total. The highest BCUT2D eigenvalue weighted by Crippen LogP contribution is 2.13. The van der Waals surface area contributed by atoms with Gasteiger partial charge in [-0.3, -0.25) is 0 Å². The second kappa shape index (κ2) is 9.61. The van der Waals surface area contributed by atoms with Crippen LogP contribution in [0.2, 0.25) is 6.04 Å². The fourth-order valence-electron chi connectivity index (χ4n) is 0.862. The van der Waals surface area contributed by atoms with Gasteiger partial charge in [0.25, 0.3) is 0 Å². The zero-order valence-electron chi connectivity index (χ0n) is 10.3. The van der Waals surface area contributed by atoms with Gasteiger partial charge >= 0.3 is 8.80 Å². The van der Waals surface area contributed by atoms with Crippen LogP contribution in [0.1, 0.15) is 27.2 Å². The lowest BCUT2D eigenvalue weighted by molar-refractivity contribution is 0.123. The van der Waals surface area contributed by atoms with Crippen LogP contribution in [0.25, 0.3) is 0 Å². The molecule has 5 heteroatoms. The first-order valence-electron chi connectivity index (χ1n) is 4.89. The molecule has 0 bridgehead atoms. The summed E-state index contributed by atoms with van der Waals surface area (Å²) in [5, 5.41) is 0. The molecular weight excluding hydrogens is 198 g/mol. The fraction of sp³-hybridized carbons (Fsp3) is 1.00. The van der Waals surface area contributed by atoms with Crippen LogP contribution in [0.3, 0.4) is 0 Å². The minimum Gasteiger partial charge on any atom is -0.377 e. The van der Waals surface area contributed by atoms with E-state index in [9.17, 15) is 0 Å². The zero-order valence-corrected chi connectivity index (χ0v) is 11.3. The lowest BCUT2D eigenvalue weighted by Gasteiger charge is -2.23. The molecular formula is C9H25NO3Si. The molecule has 88 valence electrons. The average molecular weight is 223 g/mol. The van der Waals surface area contributed by atoms with Crippen LogP contribution >= 0.6 is 0 Å². The van der Waals surface area contributed by atoms with Crippen molar-refractivity contribution in [3.8, 4) is 0 Å². The third-order valence-electron chi connectivity index (χ3n) is 1.49. The number of hydrogen-bond donors (Lipinski definition) is 1. The van der Waals surface area contributed by atoms with Crippen LogP contribution in [-0.4, -0.2) is 36.2 Å². The molecule has 0 rings (SSSR count). The Morgan fingerprint density at radius 2 is 1.36 bits per heavy atom. The van der Waals surface area contributed by atoms with E-state index < -0.39 is 8.80 Å². The molecule has 0 spiro atoms. The van der Waals surface area contributed by atoms with Crippen molar-refractivity contribution in [2.45, 2.75) is 39.3 Å². The SMILES string of the molecule is CC(C)N.CCC[Si](OC)(OC)OC. The van der Waals surface area contributed by atoms with Crippen molar-refractivity contribution in [1.29, 1.82) is 0 Å². The smallest absolute Gasteiger partial charge is 0.377 e. The first kappa shape index (κ1) is 16.5. The summed E-state index contributed by atoms with van der Waals surface area (Å²) < 4.78 is 15.5. The molecule has 0 atom stereocenters.